The van der Waals surface area contributed by atoms with Crippen molar-refractivity contribution in [3.8, 4) is 5.75 Å². The molecule has 0 unspecified atom stereocenters. The number of halogens is 2. The highest BCUT2D eigenvalue weighted by molar-refractivity contribution is 9.10. The Hall–Kier alpha value is -2.41. The average molecular weight is 521 g/mol. The monoisotopic (exact) mass is 520 g/mol. The predicted molar refractivity (Wildman–Crippen MR) is 133 cm³/mol. The molecule has 0 aromatic heterocycles. The van der Waals surface area contributed by atoms with Gasteiger partial charge in [-0.3, -0.25) is 9.59 Å². The molecule has 0 aliphatic carbocycles. The van der Waals surface area contributed by atoms with E-state index in [2.05, 4.69) is 35.1 Å². The lowest BCUT2D eigenvalue weighted by atomic mass is 10.0. The molecule has 2 aromatic carbocycles. The molecule has 0 saturated heterocycles. The van der Waals surface area contributed by atoms with Gasteiger partial charge < -0.3 is 15.0 Å². The van der Waals surface area contributed by atoms with Gasteiger partial charge in [0.25, 0.3) is 5.91 Å². The lowest BCUT2D eigenvalue weighted by molar-refractivity contribution is -0.143. The number of benzene rings is 2. The van der Waals surface area contributed by atoms with Gasteiger partial charge in [0.2, 0.25) is 5.91 Å². The summed E-state index contributed by atoms with van der Waals surface area (Å²) in [6.07, 6.45) is 1.24. The molecule has 0 aliphatic heterocycles. The molecule has 2 atom stereocenters. The van der Waals surface area contributed by atoms with Gasteiger partial charge in [-0.2, -0.15) is 0 Å². The Kier molecular flexibility index (Phi) is 10.4. The Morgan fingerprint density at radius 3 is 2.27 bits per heavy atom. The maximum atomic E-state index is 13.4. The number of amides is 2. The first-order chi connectivity index (χ1) is 15.7. The highest BCUT2D eigenvalue weighted by atomic mass is 79.9. The van der Waals surface area contributed by atoms with Crippen LogP contribution in [0, 0.1) is 5.82 Å². The molecular weight excluding hydrogens is 487 g/mol. The van der Waals surface area contributed by atoms with E-state index in [0.717, 1.165) is 22.0 Å². The van der Waals surface area contributed by atoms with E-state index < -0.39 is 6.04 Å². The van der Waals surface area contributed by atoms with Crippen molar-refractivity contribution in [1.82, 2.24) is 10.2 Å². The molecule has 0 fully saturated rings. The van der Waals surface area contributed by atoms with E-state index in [-0.39, 0.29) is 36.8 Å². The molecule has 0 radical (unpaired) electrons. The Morgan fingerprint density at radius 2 is 1.73 bits per heavy atom. The summed E-state index contributed by atoms with van der Waals surface area (Å²) in [6, 6.07) is 11.1. The van der Waals surface area contributed by atoms with Crippen molar-refractivity contribution in [2.75, 3.05) is 6.61 Å². The van der Waals surface area contributed by atoms with Crippen LogP contribution in [0.4, 0.5) is 4.39 Å². The second-order valence-corrected chi connectivity index (χ2v) is 9.38. The number of hydrogen-bond donors (Lipinski definition) is 1. The smallest absolute Gasteiger partial charge is 0.261 e. The zero-order valence-electron chi connectivity index (χ0n) is 20.0. The van der Waals surface area contributed by atoms with Crippen molar-refractivity contribution in [2.24, 2.45) is 0 Å². The van der Waals surface area contributed by atoms with Gasteiger partial charge in [0.15, 0.2) is 6.61 Å². The Bertz CT molecular complexity index is 934. The summed E-state index contributed by atoms with van der Waals surface area (Å²) in [5.41, 5.74) is 1.90. The number of nitrogens with one attached hydrogen (secondary N) is 1. The first-order valence-corrected chi connectivity index (χ1v) is 12.2. The topological polar surface area (TPSA) is 58.6 Å². The third kappa shape index (κ3) is 7.84. The zero-order valence-corrected chi connectivity index (χ0v) is 21.6. The average Bonchev–Trinajstić information content (AvgIpc) is 2.78. The molecule has 33 heavy (non-hydrogen) atoms. The molecular formula is C26H34BrFN2O3. The highest BCUT2D eigenvalue weighted by Crippen LogP contribution is 2.29. The van der Waals surface area contributed by atoms with Crippen LogP contribution >= 0.6 is 15.9 Å². The summed E-state index contributed by atoms with van der Waals surface area (Å²) in [4.78, 5) is 27.7. The van der Waals surface area contributed by atoms with Crippen molar-refractivity contribution in [3.05, 3.63) is 63.9 Å². The summed E-state index contributed by atoms with van der Waals surface area (Å²) >= 11 is 3.51. The normalized spacial score (nSPS) is 12.8. The van der Waals surface area contributed by atoms with Crippen molar-refractivity contribution in [3.63, 3.8) is 0 Å². The van der Waals surface area contributed by atoms with Crippen molar-refractivity contribution >= 4 is 27.7 Å². The number of ether oxygens (including phenoxy) is 1. The predicted octanol–water partition coefficient (Wildman–Crippen LogP) is 5.81. The number of carbonyl (C=O) groups is 2. The Balaban J connectivity index is 2.22. The summed E-state index contributed by atoms with van der Waals surface area (Å²) in [7, 11) is 0. The lowest BCUT2D eigenvalue weighted by Gasteiger charge is -2.31. The van der Waals surface area contributed by atoms with Crippen molar-refractivity contribution in [2.45, 2.75) is 72.0 Å². The van der Waals surface area contributed by atoms with Gasteiger partial charge in [-0.25, -0.2) is 4.39 Å². The molecule has 7 heteroatoms. The fourth-order valence-corrected chi connectivity index (χ4v) is 3.87. The quantitative estimate of drug-likeness (QED) is 0.406. The zero-order chi connectivity index (χ0) is 24.5. The summed E-state index contributed by atoms with van der Waals surface area (Å²) in [5, 5.41) is 2.97. The Morgan fingerprint density at radius 1 is 1.06 bits per heavy atom. The molecule has 0 bridgehead atoms. The Labute approximate surface area is 204 Å². The molecule has 5 nitrogen and oxygen atoms in total. The second-order valence-electron chi connectivity index (χ2n) is 8.52. The van der Waals surface area contributed by atoms with Crippen LogP contribution in [0.3, 0.4) is 0 Å². The maximum Gasteiger partial charge on any atom is 0.261 e. The fraction of sp³-hybridized carbons (Fsp3) is 0.462. The molecule has 2 rings (SSSR count). The third-order valence-electron chi connectivity index (χ3n) is 5.63. The van der Waals surface area contributed by atoms with E-state index in [0.29, 0.717) is 18.1 Å². The highest BCUT2D eigenvalue weighted by Gasteiger charge is 2.29. The number of nitrogens with zero attached hydrogens (tertiary/aromatic N) is 1. The lowest BCUT2D eigenvalue weighted by Crippen LogP contribution is -2.51. The summed E-state index contributed by atoms with van der Waals surface area (Å²) < 4.78 is 20.0. The second kappa shape index (κ2) is 12.7. The molecule has 180 valence electrons. The van der Waals surface area contributed by atoms with Crippen LogP contribution in [0.5, 0.6) is 5.75 Å². The minimum atomic E-state index is -0.660. The number of hydrogen-bond acceptors (Lipinski definition) is 3. The maximum absolute atomic E-state index is 13.4. The van der Waals surface area contributed by atoms with Crippen LogP contribution in [0.1, 0.15) is 64.5 Å². The van der Waals surface area contributed by atoms with Crippen LogP contribution in [-0.4, -0.2) is 35.4 Å². The molecule has 0 heterocycles. The minimum absolute atomic E-state index is 0.000926. The molecule has 1 N–H and O–H groups in total. The first-order valence-electron chi connectivity index (χ1n) is 11.4. The third-order valence-corrected chi connectivity index (χ3v) is 6.25. The van der Waals surface area contributed by atoms with Gasteiger partial charge in [-0.05, 0) is 77.0 Å². The number of rotatable bonds is 11. The van der Waals surface area contributed by atoms with E-state index in [1.807, 2.05) is 39.0 Å². The largest absolute Gasteiger partial charge is 0.483 e. The van der Waals surface area contributed by atoms with E-state index in [1.165, 1.54) is 17.0 Å². The van der Waals surface area contributed by atoms with Gasteiger partial charge in [0, 0.05) is 12.6 Å². The molecule has 0 saturated carbocycles. The van der Waals surface area contributed by atoms with E-state index >= 15 is 0 Å². The van der Waals surface area contributed by atoms with E-state index in [9.17, 15) is 14.0 Å². The fourth-order valence-electron chi connectivity index (χ4n) is 3.36. The molecule has 0 spiro atoms. The molecule has 0 aliphatic rings. The van der Waals surface area contributed by atoms with E-state index in [4.69, 9.17) is 4.74 Å². The minimum Gasteiger partial charge on any atom is -0.483 e. The van der Waals surface area contributed by atoms with Crippen LogP contribution in [0.2, 0.25) is 0 Å². The van der Waals surface area contributed by atoms with Gasteiger partial charge in [-0.15, -0.1) is 0 Å². The van der Waals surface area contributed by atoms with E-state index in [1.54, 1.807) is 12.1 Å². The van der Waals surface area contributed by atoms with Crippen LogP contribution in [-0.2, 0) is 16.1 Å². The summed E-state index contributed by atoms with van der Waals surface area (Å²) in [5.74, 6) is 0.0652. The van der Waals surface area contributed by atoms with Crippen molar-refractivity contribution in [1.29, 1.82) is 0 Å². The van der Waals surface area contributed by atoms with Gasteiger partial charge >= 0.3 is 0 Å². The van der Waals surface area contributed by atoms with Crippen molar-refractivity contribution < 1.29 is 18.7 Å². The van der Waals surface area contributed by atoms with Gasteiger partial charge in [0.1, 0.15) is 17.6 Å². The molecule has 2 amide bonds. The van der Waals surface area contributed by atoms with Crippen LogP contribution in [0.15, 0.2) is 46.9 Å². The summed E-state index contributed by atoms with van der Waals surface area (Å²) in [6.45, 7) is 9.97. The standard InChI is InChI=1S/C26H34BrFN2O3/c1-6-18(5)29-26(32)23(7-2)30(15-19-8-11-21(28)12-9-19)25(31)16-33-24-13-10-20(17(3)4)14-22(24)27/h8-14,17-18,23H,6-7,15-16H2,1-5H3,(H,29,32)/t18-,23+/m0/s1. The molecule has 2 aromatic rings. The van der Waals surface area contributed by atoms with Crippen LogP contribution < -0.4 is 10.1 Å². The first kappa shape index (κ1) is 26.8. The van der Waals surface area contributed by atoms with Gasteiger partial charge in [-0.1, -0.05) is 45.9 Å². The van der Waals surface area contributed by atoms with Gasteiger partial charge in [0.05, 0.1) is 4.47 Å². The number of carbonyl (C=O) groups excluding carboxylic acids is 2. The SMILES string of the molecule is CC[C@H](C(=O)N[C@@H](C)CC)N(Cc1ccc(F)cc1)C(=O)COc1ccc(C(C)C)cc1Br. The van der Waals surface area contributed by atoms with Crippen LogP contribution in [0.25, 0.3) is 0 Å².